The number of benzene rings is 3. The monoisotopic (exact) mass is 258 g/mol. The fourth-order valence-corrected chi connectivity index (χ4v) is 2.22. The van der Waals surface area contributed by atoms with Gasteiger partial charge in [-0.15, -0.1) is 0 Å². The van der Waals surface area contributed by atoms with Crippen LogP contribution in [-0.4, -0.2) is 6.92 Å². The van der Waals surface area contributed by atoms with Gasteiger partial charge < -0.3 is 4.65 Å². The summed E-state index contributed by atoms with van der Waals surface area (Å²) >= 11 is 0. The predicted molar refractivity (Wildman–Crippen MR) is 85.0 cm³/mol. The summed E-state index contributed by atoms with van der Waals surface area (Å²) in [6.45, 7) is -0.0835. The first-order valence-electron chi connectivity index (χ1n) is 6.75. The van der Waals surface area contributed by atoms with E-state index in [1.165, 1.54) is 0 Å². The van der Waals surface area contributed by atoms with Crippen LogP contribution in [0, 0.1) is 0 Å². The van der Waals surface area contributed by atoms with Crippen molar-refractivity contribution in [3.8, 4) is 5.75 Å². The van der Waals surface area contributed by atoms with E-state index < -0.39 is 0 Å². The fourth-order valence-electron chi connectivity index (χ4n) is 2.22. The van der Waals surface area contributed by atoms with E-state index in [1.54, 1.807) is 0 Å². The van der Waals surface area contributed by atoms with E-state index in [0.717, 1.165) is 16.7 Å². The van der Waals surface area contributed by atoms with Crippen LogP contribution in [-0.2, 0) is 0 Å². The van der Waals surface area contributed by atoms with Crippen molar-refractivity contribution in [3.63, 3.8) is 0 Å². The highest BCUT2D eigenvalue weighted by Gasteiger charge is 2.22. The molecule has 0 unspecified atom stereocenters. The molecule has 2 heteroatoms. The number of hydrogen-bond acceptors (Lipinski definition) is 1. The molecule has 0 aliphatic carbocycles. The van der Waals surface area contributed by atoms with Crippen molar-refractivity contribution in [2.24, 2.45) is 0 Å². The van der Waals surface area contributed by atoms with Gasteiger partial charge in [-0.2, -0.15) is 0 Å². The molecule has 20 heavy (non-hydrogen) atoms. The molecule has 0 aromatic heterocycles. The molecule has 3 aromatic rings. The minimum Gasteiger partial charge on any atom is -0.551 e. The van der Waals surface area contributed by atoms with E-state index in [4.69, 9.17) is 4.65 Å². The smallest absolute Gasteiger partial charge is 0.426 e. The molecule has 0 saturated carbocycles. The normalized spacial score (nSPS) is 10.0. The zero-order chi connectivity index (χ0) is 13.6. The van der Waals surface area contributed by atoms with Crippen molar-refractivity contribution in [1.82, 2.24) is 0 Å². The lowest BCUT2D eigenvalue weighted by atomic mass is 9.55. The Morgan fingerprint density at radius 1 is 0.500 bits per heavy atom. The SMILES string of the molecule is c1ccc(OB(c2ccccc2)c2ccccc2)cc1. The lowest BCUT2D eigenvalue weighted by Gasteiger charge is -2.16. The van der Waals surface area contributed by atoms with Gasteiger partial charge in [0, 0.05) is 0 Å². The summed E-state index contributed by atoms with van der Waals surface area (Å²) in [5.74, 6) is 0.880. The van der Waals surface area contributed by atoms with Gasteiger partial charge in [-0.1, -0.05) is 78.9 Å². The fraction of sp³-hybridized carbons (Fsp3) is 0. The maximum atomic E-state index is 6.19. The van der Waals surface area contributed by atoms with Gasteiger partial charge in [-0.25, -0.2) is 0 Å². The molecule has 0 heterocycles. The Balaban J connectivity index is 1.96. The van der Waals surface area contributed by atoms with E-state index in [0.29, 0.717) is 0 Å². The van der Waals surface area contributed by atoms with Crippen LogP contribution < -0.4 is 15.6 Å². The van der Waals surface area contributed by atoms with Crippen molar-refractivity contribution >= 4 is 17.8 Å². The van der Waals surface area contributed by atoms with Crippen LogP contribution in [0.3, 0.4) is 0 Å². The van der Waals surface area contributed by atoms with E-state index in [-0.39, 0.29) is 6.92 Å². The third-order valence-electron chi connectivity index (χ3n) is 3.20. The van der Waals surface area contributed by atoms with Gasteiger partial charge in [0.25, 0.3) is 0 Å². The Kier molecular flexibility index (Phi) is 3.84. The minimum absolute atomic E-state index is 0.0835. The average Bonchev–Trinajstić information content (AvgIpc) is 2.55. The van der Waals surface area contributed by atoms with E-state index in [2.05, 4.69) is 24.3 Å². The van der Waals surface area contributed by atoms with Gasteiger partial charge in [0.1, 0.15) is 0 Å². The highest BCUT2D eigenvalue weighted by Crippen LogP contribution is 2.10. The van der Waals surface area contributed by atoms with Gasteiger partial charge in [0.2, 0.25) is 0 Å². The summed E-state index contributed by atoms with van der Waals surface area (Å²) in [7, 11) is 0. The lowest BCUT2D eigenvalue weighted by Crippen LogP contribution is -2.47. The Labute approximate surface area is 120 Å². The van der Waals surface area contributed by atoms with Crippen molar-refractivity contribution in [2.45, 2.75) is 0 Å². The van der Waals surface area contributed by atoms with Crippen LogP contribution >= 0.6 is 0 Å². The zero-order valence-corrected chi connectivity index (χ0v) is 11.1. The molecule has 3 aromatic carbocycles. The Bertz CT molecular complexity index is 599. The lowest BCUT2D eigenvalue weighted by molar-refractivity contribution is 0.592. The maximum Gasteiger partial charge on any atom is 0.426 e. The summed E-state index contributed by atoms with van der Waals surface area (Å²) in [6, 6.07) is 30.5. The summed E-state index contributed by atoms with van der Waals surface area (Å²) < 4.78 is 6.19. The van der Waals surface area contributed by atoms with Crippen LogP contribution in [0.1, 0.15) is 0 Å². The summed E-state index contributed by atoms with van der Waals surface area (Å²) in [6.07, 6.45) is 0. The summed E-state index contributed by atoms with van der Waals surface area (Å²) in [5.41, 5.74) is 2.31. The second kappa shape index (κ2) is 6.11. The Morgan fingerprint density at radius 3 is 1.35 bits per heavy atom. The molecular weight excluding hydrogens is 243 g/mol. The number of hydrogen-bond donors (Lipinski definition) is 0. The van der Waals surface area contributed by atoms with Crippen LogP contribution in [0.2, 0.25) is 0 Å². The molecule has 3 rings (SSSR count). The van der Waals surface area contributed by atoms with Gasteiger partial charge in [-0.3, -0.25) is 0 Å². The van der Waals surface area contributed by atoms with Crippen LogP contribution in [0.15, 0.2) is 91.0 Å². The Morgan fingerprint density at radius 2 is 0.900 bits per heavy atom. The number of rotatable bonds is 4. The summed E-state index contributed by atoms with van der Waals surface area (Å²) in [5, 5.41) is 0. The van der Waals surface area contributed by atoms with Crippen molar-refractivity contribution in [2.75, 3.05) is 0 Å². The number of para-hydroxylation sites is 1. The van der Waals surface area contributed by atoms with Crippen LogP contribution in [0.4, 0.5) is 0 Å². The molecule has 0 aliphatic rings. The minimum atomic E-state index is -0.0835. The van der Waals surface area contributed by atoms with Crippen molar-refractivity contribution in [1.29, 1.82) is 0 Å². The third kappa shape index (κ3) is 2.91. The van der Waals surface area contributed by atoms with E-state index in [9.17, 15) is 0 Å². The zero-order valence-electron chi connectivity index (χ0n) is 11.1. The molecule has 0 aliphatic heterocycles. The summed E-state index contributed by atoms with van der Waals surface area (Å²) in [4.78, 5) is 0. The van der Waals surface area contributed by atoms with Crippen LogP contribution in [0.25, 0.3) is 0 Å². The maximum absolute atomic E-state index is 6.19. The molecule has 0 spiro atoms. The quantitative estimate of drug-likeness (QED) is 0.654. The van der Waals surface area contributed by atoms with Gasteiger partial charge in [0.15, 0.2) is 0 Å². The second-order valence-corrected chi connectivity index (χ2v) is 4.63. The van der Waals surface area contributed by atoms with E-state index >= 15 is 0 Å². The first kappa shape index (κ1) is 12.6. The topological polar surface area (TPSA) is 9.23 Å². The second-order valence-electron chi connectivity index (χ2n) is 4.63. The molecule has 96 valence electrons. The Hall–Kier alpha value is -2.48. The van der Waals surface area contributed by atoms with Crippen LogP contribution in [0.5, 0.6) is 5.75 Å². The molecular formula is C18H15BO. The average molecular weight is 258 g/mol. The molecule has 0 amide bonds. The molecule has 0 bridgehead atoms. The van der Waals surface area contributed by atoms with Gasteiger partial charge >= 0.3 is 6.92 Å². The standard InChI is InChI=1S/C18H15BO/c1-4-10-16(11-5-1)19(17-12-6-2-7-13-17)20-18-14-8-3-9-15-18/h1-15H. The molecule has 0 saturated heterocycles. The third-order valence-corrected chi connectivity index (χ3v) is 3.20. The molecule has 1 nitrogen and oxygen atoms in total. The van der Waals surface area contributed by atoms with Gasteiger partial charge in [0.05, 0.1) is 5.75 Å². The molecule has 0 N–H and O–H groups in total. The van der Waals surface area contributed by atoms with Gasteiger partial charge in [-0.05, 0) is 23.1 Å². The molecule has 0 atom stereocenters. The first-order valence-corrected chi connectivity index (χ1v) is 6.75. The molecule has 0 radical (unpaired) electrons. The van der Waals surface area contributed by atoms with Crippen molar-refractivity contribution in [3.05, 3.63) is 91.0 Å². The highest BCUT2D eigenvalue weighted by molar-refractivity contribution is 6.80. The largest absolute Gasteiger partial charge is 0.551 e. The van der Waals surface area contributed by atoms with Crippen molar-refractivity contribution < 1.29 is 4.65 Å². The predicted octanol–water partition coefficient (Wildman–Crippen LogP) is 2.87. The highest BCUT2D eigenvalue weighted by atomic mass is 16.4. The first-order chi connectivity index (χ1) is 9.93. The van der Waals surface area contributed by atoms with E-state index in [1.807, 2.05) is 66.7 Å². The molecule has 0 fully saturated rings.